The van der Waals surface area contributed by atoms with Crippen molar-refractivity contribution in [3.05, 3.63) is 35.9 Å². The molecule has 1 rings (SSSR count). The van der Waals surface area contributed by atoms with E-state index in [1.807, 2.05) is 24.3 Å². The Bertz CT molecular complexity index is 371. The minimum Gasteiger partial charge on any atom is -0.494 e. The van der Waals surface area contributed by atoms with E-state index >= 15 is 0 Å². The van der Waals surface area contributed by atoms with Gasteiger partial charge in [-0.2, -0.15) is 0 Å². The van der Waals surface area contributed by atoms with Crippen LogP contribution in [0.3, 0.4) is 0 Å². The summed E-state index contributed by atoms with van der Waals surface area (Å²) in [5.41, 5.74) is 2.40. The monoisotopic (exact) mass is 235 g/mol. The van der Waals surface area contributed by atoms with Gasteiger partial charge in [-0.1, -0.05) is 25.5 Å². The third-order valence-electron chi connectivity index (χ3n) is 2.18. The van der Waals surface area contributed by atoms with E-state index < -0.39 is 5.91 Å². The number of carbonyl (C=O) groups excluding carboxylic acids is 1. The van der Waals surface area contributed by atoms with Crippen molar-refractivity contribution in [2.24, 2.45) is 0 Å². The maximum Gasteiger partial charge on any atom is 0.267 e. The Hall–Kier alpha value is -1.81. The fourth-order valence-corrected chi connectivity index (χ4v) is 1.22. The largest absolute Gasteiger partial charge is 0.494 e. The minimum absolute atomic E-state index is 0.548. The summed E-state index contributed by atoms with van der Waals surface area (Å²) in [6.45, 7) is 2.84. The molecule has 1 aromatic rings. The molecule has 17 heavy (non-hydrogen) atoms. The first-order chi connectivity index (χ1) is 8.26. The highest BCUT2D eigenvalue weighted by Gasteiger charge is 1.94. The molecule has 0 radical (unpaired) electrons. The highest BCUT2D eigenvalue weighted by atomic mass is 16.5. The number of unbranched alkanes of at least 4 members (excludes halogenated alkanes) is 1. The number of nitrogens with one attached hydrogen (secondary N) is 1. The van der Waals surface area contributed by atoms with Crippen LogP contribution in [0.2, 0.25) is 0 Å². The smallest absolute Gasteiger partial charge is 0.267 e. The Morgan fingerprint density at radius 2 is 2.12 bits per heavy atom. The van der Waals surface area contributed by atoms with E-state index in [4.69, 9.17) is 9.94 Å². The van der Waals surface area contributed by atoms with Crippen LogP contribution in [0.15, 0.2) is 30.3 Å². The predicted molar refractivity (Wildman–Crippen MR) is 65.8 cm³/mol. The van der Waals surface area contributed by atoms with Gasteiger partial charge >= 0.3 is 0 Å². The molecule has 92 valence electrons. The molecule has 4 heteroatoms. The minimum atomic E-state index is -0.548. The van der Waals surface area contributed by atoms with E-state index in [1.165, 1.54) is 11.6 Å². The van der Waals surface area contributed by atoms with Crippen molar-refractivity contribution >= 4 is 12.0 Å². The lowest BCUT2D eigenvalue weighted by molar-refractivity contribution is -0.124. The molecule has 0 aliphatic carbocycles. The molecule has 0 spiro atoms. The van der Waals surface area contributed by atoms with Crippen LogP contribution in [0.5, 0.6) is 5.75 Å². The average molecular weight is 235 g/mol. The van der Waals surface area contributed by atoms with E-state index in [-0.39, 0.29) is 0 Å². The maximum atomic E-state index is 10.8. The van der Waals surface area contributed by atoms with E-state index in [0.717, 1.165) is 30.8 Å². The molecule has 0 unspecified atom stereocenters. The molecule has 0 fully saturated rings. The molecular weight excluding hydrogens is 218 g/mol. The molecule has 4 nitrogen and oxygen atoms in total. The number of benzene rings is 1. The zero-order valence-electron chi connectivity index (χ0n) is 9.85. The summed E-state index contributed by atoms with van der Waals surface area (Å²) in [5, 5.41) is 8.31. The van der Waals surface area contributed by atoms with Crippen molar-refractivity contribution in [2.45, 2.75) is 19.8 Å². The van der Waals surface area contributed by atoms with Crippen LogP contribution in [0.1, 0.15) is 25.3 Å². The molecule has 2 N–H and O–H groups in total. The van der Waals surface area contributed by atoms with Gasteiger partial charge in [0.15, 0.2) is 0 Å². The normalized spacial score (nSPS) is 10.5. The number of rotatable bonds is 6. The molecule has 0 saturated carbocycles. The maximum absolute atomic E-state index is 10.8. The van der Waals surface area contributed by atoms with E-state index in [0.29, 0.717) is 0 Å². The van der Waals surface area contributed by atoms with Crippen LogP contribution in [0.25, 0.3) is 6.08 Å². The summed E-state index contributed by atoms with van der Waals surface area (Å²) in [4.78, 5) is 10.8. The van der Waals surface area contributed by atoms with Crippen molar-refractivity contribution in [1.29, 1.82) is 0 Å². The highest BCUT2D eigenvalue weighted by Crippen LogP contribution is 2.13. The van der Waals surface area contributed by atoms with Crippen molar-refractivity contribution in [3.63, 3.8) is 0 Å². The molecule has 0 heterocycles. The molecule has 0 aromatic heterocycles. The summed E-state index contributed by atoms with van der Waals surface area (Å²) in [5.74, 6) is 0.274. The lowest BCUT2D eigenvalue weighted by Gasteiger charge is -2.04. The fourth-order valence-electron chi connectivity index (χ4n) is 1.22. The Morgan fingerprint density at radius 3 is 2.71 bits per heavy atom. The van der Waals surface area contributed by atoms with Crippen molar-refractivity contribution in [3.8, 4) is 5.75 Å². The lowest BCUT2D eigenvalue weighted by Crippen LogP contribution is -2.14. The zero-order valence-corrected chi connectivity index (χ0v) is 9.85. The topological polar surface area (TPSA) is 58.6 Å². The average Bonchev–Trinajstić information content (AvgIpc) is 2.37. The molecule has 0 saturated heterocycles. The first-order valence-corrected chi connectivity index (χ1v) is 5.61. The molecule has 1 amide bonds. The standard InChI is InChI=1S/C13H17NO3/c1-2-3-10-17-12-7-4-11(5-8-12)6-9-13(15)14-16/h4-9,16H,2-3,10H2,1H3,(H,14,15). The quantitative estimate of drug-likeness (QED) is 0.344. The van der Waals surface area contributed by atoms with E-state index in [1.54, 1.807) is 6.08 Å². The Morgan fingerprint density at radius 1 is 1.41 bits per heavy atom. The number of hydrogen-bond donors (Lipinski definition) is 2. The van der Waals surface area contributed by atoms with Gasteiger partial charge in [0.05, 0.1) is 6.61 Å². The Balaban J connectivity index is 2.50. The van der Waals surface area contributed by atoms with Gasteiger partial charge in [-0.25, -0.2) is 5.48 Å². The van der Waals surface area contributed by atoms with E-state index in [2.05, 4.69) is 6.92 Å². The fraction of sp³-hybridized carbons (Fsp3) is 0.308. The van der Waals surface area contributed by atoms with Crippen molar-refractivity contribution in [2.75, 3.05) is 6.61 Å². The van der Waals surface area contributed by atoms with Crippen molar-refractivity contribution in [1.82, 2.24) is 5.48 Å². The second-order valence-electron chi connectivity index (χ2n) is 3.58. The lowest BCUT2D eigenvalue weighted by atomic mass is 10.2. The van der Waals surface area contributed by atoms with Gasteiger partial charge in [0.25, 0.3) is 5.91 Å². The van der Waals surface area contributed by atoms with Gasteiger partial charge in [-0.3, -0.25) is 10.0 Å². The van der Waals surface area contributed by atoms with Gasteiger partial charge < -0.3 is 4.74 Å². The Kier molecular flexibility index (Phi) is 5.82. The summed E-state index contributed by atoms with van der Waals surface area (Å²) in [7, 11) is 0. The number of amides is 1. The Labute approximate surface area is 101 Å². The van der Waals surface area contributed by atoms with E-state index in [9.17, 15) is 4.79 Å². The molecule has 0 atom stereocenters. The van der Waals surface area contributed by atoms with Crippen molar-refractivity contribution < 1.29 is 14.7 Å². The first-order valence-electron chi connectivity index (χ1n) is 5.61. The predicted octanol–water partition coefficient (Wildman–Crippen LogP) is 2.38. The molecule has 1 aromatic carbocycles. The third kappa shape index (κ3) is 5.17. The highest BCUT2D eigenvalue weighted by molar-refractivity contribution is 5.90. The molecule has 0 aliphatic rings. The van der Waals surface area contributed by atoms with Gasteiger partial charge in [-0.05, 0) is 30.2 Å². The van der Waals surface area contributed by atoms with Crippen LogP contribution in [-0.4, -0.2) is 17.7 Å². The number of hydrogen-bond acceptors (Lipinski definition) is 3. The van der Waals surface area contributed by atoms with Crippen LogP contribution >= 0.6 is 0 Å². The third-order valence-corrected chi connectivity index (χ3v) is 2.18. The summed E-state index contributed by atoms with van der Waals surface area (Å²) in [6.07, 6.45) is 5.02. The summed E-state index contributed by atoms with van der Waals surface area (Å²) < 4.78 is 5.50. The van der Waals surface area contributed by atoms with Gasteiger partial charge in [0.2, 0.25) is 0 Å². The zero-order chi connectivity index (χ0) is 12.5. The van der Waals surface area contributed by atoms with Crippen LogP contribution < -0.4 is 10.2 Å². The number of ether oxygens (including phenoxy) is 1. The number of hydroxylamine groups is 1. The summed E-state index contributed by atoms with van der Waals surface area (Å²) >= 11 is 0. The van der Waals surface area contributed by atoms with Crippen LogP contribution in [-0.2, 0) is 4.79 Å². The van der Waals surface area contributed by atoms with Gasteiger partial charge in [0, 0.05) is 6.08 Å². The van der Waals surface area contributed by atoms with Gasteiger partial charge in [0.1, 0.15) is 5.75 Å². The second-order valence-corrected chi connectivity index (χ2v) is 3.58. The SMILES string of the molecule is CCCCOc1ccc(C=CC(=O)NO)cc1. The molecule has 0 bridgehead atoms. The summed E-state index contributed by atoms with van der Waals surface area (Å²) in [6, 6.07) is 7.41. The van der Waals surface area contributed by atoms with Crippen LogP contribution in [0, 0.1) is 0 Å². The van der Waals surface area contributed by atoms with Gasteiger partial charge in [-0.15, -0.1) is 0 Å². The van der Waals surface area contributed by atoms with Crippen LogP contribution in [0.4, 0.5) is 0 Å². The second kappa shape index (κ2) is 7.46. The molecular formula is C13H17NO3. The molecule has 0 aliphatic heterocycles. The number of carbonyl (C=O) groups is 1. The first kappa shape index (κ1) is 13.3.